The van der Waals surface area contributed by atoms with E-state index < -0.39 is 10.1 Å². The van der Waals surface area contributed by atoms with Crippen LogP contribution in [0.2, 0.25) is 5.02 Å². The van der Waals surface area contributed by atoms with Gasteiger partial charge in [-0.15, -0.1) is 0 Å². The molecule has 4 nitrogen and oxygen atoms in total. The summed E-state index contributed by atoms with van der Waals surface area (Å²) in [5.41, 5.74) is 0.709. The van der Waals surface area contributed by atoms with Crippen molar-refractivity contribution in [3.8, 4) is 11.5 Å². The second-order valence-corrected chi connectivity index (χ2v) is 7.03. The molecule has 0 atom stereocenters. The summed E-state index contributed by atoms with van der Waals surface area (Å²) >= 11 is 9.13. The van der Waals surface area contributed by atoms with Crippen LogP contribution in [0.3, 0.4) is 0 Å². The maximum Gasteiger partial charge on any atom is 0.343 e. The van der Waals surface area contributed by atoms with E-state index in [-0.39, 0.29) is 21.4 Å². The van der Waals surface area contributed by atoms with E-state index in [1.165, 1.54) is 13.2 Å². The first-order valence-electron chi connectivity index (χ1n) is 5.88. The molecule has 0 aromatic heterocycles. The zero-order chi connectivity index (χ0) is 15.6. The van der Waals surface area contributed by atoms with Crippen LogP contribution < -0.4 is 8.92 Å². The standard InChI is InChI=1S/C14H12BrClO4S/c1-9-5-3-4-6-12(9)20-21(17,18)13-8-10(16)7-11(15)14(13)19-2/h3-8H,1-2H3. The summed E-state index contributed by atoms with van der Waals surface area (Å²) in [6.45, 7) is 1.76. The molecule has 21 heavy (non-hydrogen) atoms. The molecule has 0 saturated heterocycles. The number of para-hydroxylation sites is 1. The molecule has 0 radical (unpaired) electrons. The van der Waals surface area contributed by atoms with Gasteiger partial charge in [-0.05, 0) is 46.6 Å². The van der Waals surface area contributed by atoms with Crippen LogP contribution in [0.15, 0.2) is 45.8 Å². The quantitative estimate of drug-likeness (QED) is 0.733. The van der Waals surface area contributed by atoms with Crippen molar-refractivity contribution in [3.63, 3.8) is 0 Å². The van der Waals surface area contributed by atoms with Crippen LogP contribution >= 0.6 is 27.5 Å². The van der Waals surface area contributed by atoms with Gasteiger partial charge in [-0.3, -0.25) is 0 Å². The SMILES string of the molecule is COc1c(Br)cc(Cl)cc1S(=O)(=O)Oc1ccccc1C. The number of aryl methyl sites for hydroxylation is 1. The molecule has 7 heteroatoms. The van der Waals surface area contributed by atoms with E-state index in [0.29, 0.717) is 10.0 Å². The lowest BCUT2D eigenvalue weighted by atomic mass is 10.2. The predicted molar refractivity (Wildman–Crippen MR) is 84.7 cm³/mol. The first-order chi connectivity index (χ1) is 9.85. The van der Waals surface area contributed by atoms with Gasteiger partial charge in [0.2, 0.25) is 0 Å². The van der Waals surface area contributed by atoms with Crippen LogP contribution in [0.25, 0.3) is 0 Å². The Morgan fingerprint density at radius 1 is 1.19 bits per heavy atom. The summed E-state index contributed by atoms with van der Waals surface area (Å²) in [6.07, 6.45) is 0. The third-order valence-electron chi connectivity index (χ3n) is 2.74. The topological polar surface area (TPSA) is 52.6 Å². The van der Waals surface area contributed by atoms with Gasteiger partial charge in [0.1, 0.15) is 5.75 Å². The molecule has 0 bridgehead atoms. The minimum atomic E-state index is -4.06. The molecular weight excluding hydrogens is 380 g/mol. The Hall–Kier alpha value is -1.24. The Labute approximate surface area is 136 Å². The Kier molecular flexibility index (Phi) is 4.81. The molecule has 0 aliphatic carbocycles. The fourth-order valence-corrected chi connectivity index (χ4v) is 4.11. The van der Waals surface area contributed by atoms with Gasteiger partial charge in [-0.1, -0.05) is 29.8 Å². The summed E-state index contributed by atoms with van der Waals surface area (Å²) in [5, 5.41) is 0.259. The summed E-state index contributed by atoms with van der Waals surface area (Å²) < 4.78 is 35.7. The second kappa shape index (κ2) is 6.25. The maximum atomic E-state index is 12.5. The van der Waals surface area contributed by atoms with Crippen molar-refractivity contribution in [2.24, 2.45) is 0 Å². The normalized spacial score (nSPS) is 11.2. The van der Waals surface area contributed by atoms with E-state index in [4.69, 9.17) is 20.5 Å². The van der Waals surface area contributed by atoms with Gasteiger partial charge in [-0.25, -0.2) is 0 Å². The molecule has 0 aliphatic rings. The molecule has 2 aromatic rings. The molecule has 2 aromatic carbocycles. The Morgan fingerprint density at radius 2 is 1.86 bits per heavy atom. The van der Waals surface area contributed by atoms with Gasteiger partial charge >= 0.3 is 10.1 Å². The highest BCUT2D eigenvalue weighted by atomic mass is 79.9. The van der Waals surface area contributed by atoms with Crippen LogP contribution in [-0.2, 0) is 10.1 Å². The third-order valence-corrected chi connectivity index (χ3v) is 4.79. The lowest BCUT2D eigenvalue weighted by molar-refractivity contribution is 0.395. The lowest BCUT2D eigenvalue weighted by Gasteiger charge is -2.13. The van der Waals surface area contributed by atoms with Crippen LogP contribution in [0.1, 0.15) is 5.56 Å². The molecule has 0 heterocycles. The van der Waals surface area contributed by atoms with Crippen LogP contribution in [-0.4, -0.2) is 15.5 Å². The Balaban J connectivity index is 2.52. The molecule has 0 saturated carbocycles. The average Bonchev–Trinajstić information content (AvgIpc) is 2.40. The third kappa shape index (κ3) is 3.51. The highest BCUT2D eigenvalue weighted by Crippen LogP contribution is 2.36. The number of halogens is 2. The number of hydrogen-bond donors (Lipinski definition) is 0. The van der Waals surface area contributed by atoms with Gasteiger partial charge in [0.25, 0.3) is 0 Å². The van der Waals surface area contributed by atoms with Gasteiger partial charge in [0.05, 0.1) is 11.6 Å². The fraction of sp³-hybridized carbons (Fsp3) is 0.143. The van der Waals surface area contributed by atoms with Crippen LogP contribution in [0.4, 0.5) is 0 Å². The monoisotopic (exact) mass is 390 g/mol. The van der Waals surface area contributed by atoms with Gasteiger partial charge in [0, 0.05) is 5.02 Å². The van der Waals surface area contributed by atoms with Crippen LogP contribution in [0, 0.1) is 6.92 Å². The van der Waals surface area contributed by atoms with Crippen molar-refractivity contribution < 1.29 is 17.3 Å². The van der Waals surface area contributed by atoms with Gasteiger partial charge in [0.15, 0.2) is 10.6 Å². The zero-order valence-electron chi connectivity index (χ0n) is 11.3. The fourth-order valence-electron chi connectivity index (χ4n) is 1.73. The second-order valence-electron chi connectivity index (χ2n) is 4.22. The maximum absolute atomic E-state index is 12.5. The average molecular weight is 392 g/mol. The molecule has 0 N–H and O–H groups in total. The summed E-state index contributed by atoms with van der Waals surface area (Å²) in [7, 11) is -2.69. The number of benzene rings is 2. The molecule has 0 aliphatic heterocycles. The minimum absolute atomic E-state index is 0.132. The van der Waals surface area contributed by atoms with E-state index in [0.717, 1.165) is 0 Å². The lowest BCUT2D eigenvalue weighted by Crippen LogP contribution is -2.12. The molecule has 0 amide bonds. The molecule has 2 rings (SSSR count). The van der Waals surface area contributed by atoms with E-state index in [1.807, 2.05) is 0 Å². The zero-order valence-corrected chi connectivity index (χ0v) is 14.4. The molecule has 0 unspecified atom stereocenters. The van der Waals surface area contributed by atoms with Crippen molar-refractivity contribution in [2.75, 3.05) is 7.11 Å². The van der Waals surface area contributed by atoms with Crippen molar-refractivity contribution in [3.05, 3.63) is 51.5 Å². The Bertz CT molecular complexity index is 775. The predicted octanol–water partition coefficient (Wildman–Crippen LogP) is 4.19. The van der Waals surface area contributed by atoms with Crippen molar-refractivity contribution in [1.82, 2.24) is 0 Å². The van der Waals surface area contributed by atoms with E-state index in [2.05, 4.69) is 15.9 Å². The first-order valence-corrected chi connectivity index (χ1v) is 8.46. The van der Waals surface area contributed by atoms with E-state index >= 15 is 0 Å². The number of rotatable bonds is 4. The summed E-state index contributed by atoms with van der Waals surface area (Å²) in [6, 6.07) is 9.68. The number of ether oxygens (including phenoxy) is 1. The van der Waals surface area contributed by atoms with Crippen LogP contribution in [0.5, 0.6) is 11.5 Å². The minimum Gasteiger partial charge on any atom is -0.494 e. The Morgan fingerprint density at radius 3 is 2.48 bits per heavy atom. The first kappa shape index (κ1) is 16.1. The van der Waals surface area contributed by atoms with Crippen molar-refractivity contribution in [1.29, 1.82) is 0 Å². The number of hydrogen-bond acceptors (Lipinski definition) is 4. The summed E-state index contributed by atoms with van der Waals surface area (Å²) in [5.74, 6) is 0.406. The van der Waals surface area contributed by atoms with Gasteiger partial charge in [-0.2, -0.15) is 8.42 Å². The van der Waals surface area contributed by atoms with E-state index in [9.17, 15) is 8.42 Å². The van der Waals surface area contributed by atoms with Crippen molar-refractivity contribution >= 4 is 37.6 Å². The molecular formula is C14H12BrClO4S. The number of methoxy groups -OCH3 is 1. The van der Waals surface area contributed by atoms with Crippen molar-refractivity contribution in [2.45, 2.75) is 11.8 Å². The smallest absolute Gasteiger partial charge is 0.343 e. The summed E-state index contributed by atoms with van der Waals surface area (Å²) in [4.78, 5) is -0.132. The largest absolute Gasteiger partial charge is 0.494 e. The molecule has 112 valence electrons. The molecule has 0 fully saturated rings. The molecule has 0 spiro atoms. The van der Waals surface area contributed by atoms with E-state index in [1.54, 1.807) is 37.3 Å². The van der Waals surface area contributed by atoms with Gasteiger partial charge < -0.3 is 8.92 Å². The highest BCUT2D eigenvalue weighted by molar-refractivity contribution is 9.10. The highest BCUT2D eigenvalue weighted by Gasteiger charge is 2.25.